The van der Waals surface area contributed by atoms with E-state index in [1.807, 2.05) is 6.07 Å². The Labute approximate surface area is 143 Å². The number of rotatable bonds is 3. The minimum absolute atomic E-state index is 0.0471. The number of carbonyl (C=O) groups excluding carboxylic acids is 1. The SMILES string of the molecule is CCOC(=O)C1=C(C)OC(N)=C(C#N)[C@@H]1c1ccc(Cl)c(Cl)c1. The molecule has 120 valence electrons. The Morgan fingerprint density at radius 2 is 2.13 bits per heavy atom. The van der Waals surface area contributed by atoms with E-state index in [0.717, 1.165) is 0 Å². The third-order valence-corrected chi connectivity index (χ3v) is 4.12. The monoisotopic (exact) mass is 352 g/mol. The summed E-state index contributed by atoms with van der Waals surface area (Å²) < 4.78 is 10.4. The summed E-state index contributed by atoms with van der Waals surface area (Å²) in [7, 11) is 0. The number of ether oxygens (including phenoxy) is 2. The number of carbonyl (C=O) groups is 1. The molecule has 7 heteroatoms. The van der Waals surface area contributed by atoms with Gasteiger partial charge < -0.3 is 15.2 Å². The average molecular weight is 353 g/mol. The molecule has 5 nitrogen and oxygen atoms in total. The van der Waals surface area contributed by atoms with Crippen LogP contribution in [0.4, 0.5) is 0 Å². The van der Waals surface area contributed by atoms with Gasteiger partial charge in [0, 0.05) is 0 Å². The van der Waals surface area contributed by atoms with Crippen LogP contribution >= 0.6 is 23.2 Å². The molecule has 0 saturated heterocycles. The van der Waals surface area contributed by atoms with E-state index in [-0.39, 0.29) is 29.4 Å². The van der Waals surface area contributed by atoms with Gasteiger partial charge in [0.05, 0.1) is 28.1 Å². The lowest BCUT2D eigenvalue weighted by Crippen LogP contribution is -2.25. The van der Waals surface area contributed by atoms with E-state index in [9.17, 15) is 10.1 Å². The average Bonchev–Trinajstić information content (AvgIpc) is 2.49. The van der Waals surface area contributed by atoms with E-state index in [4.69, 9.17) is 38.4 Å². The summed E-state index contributed by atoms with van der Waals surface area (Å²) in [6.07, 6.45) is 0. The van der Waals surface area contributed by atoms with Gasteiger partial charge in [0.2, 0.25) is 5.88 Å². The van der Waals surface area contributed by atoms with Crippen LogP contribution < -0.4 is 5.73 Å². The van der Waals surface area contributed by atoms with E-state index < -0.39 is 11.9 Å². The summed E-state index contributed by atoms with van der Waals surface area (Å²) in [6, 6.07) is 6.87. The van der Waals surface area contributed by atoms with Crippen molar-refractivity contribution in [2.45, 2.75) is 19.8 Å². The summed E-state index contributed by atoms with van der Waals surface area (Å²) in [6.45, 7) is 3.49. The summed E-state index contributed by atoms with van der Waals surface area (Å²) in [5, 5.41) is 10.1. The molecule has 0 unspecified atom stereocenters. The van der Waals surface area contributed by atoms with Gasteiger partial charge in [-0.2, -0.15) is 5.26 Å². The van der Waals surface area contributed by atoms with Crippen LogP contribution in [0.15, 0.2) is 41.0 Å². The van der Waals surface area contributed by atoms with Gasteiger partial charge >= 0.3 is 5.97 Å². The van der Waals surface area contributed by atoms with Crippen molar-refractivity contribution in [3.63, 3.8) is 0 Å². The highest BCUT2D eigenvalue weighted by atomic mass is 35.5. The minimum atomic E-state index is -0.720. The Morgan fingerprint density at radius 1 is 1.43 bits per heavy atom. The maximum atomic E-state index is 12.3. The molecule has 2 rings (SSSR count). The fourth-order valence-corrected chi connectivity index (χ4v) is 2.69. The number of nitrogens with zero attached hydrogens (tertiary/aromatic N) is 1. The number of nitriles is 1. The molecule has 1 aliphatic rings. The molecule has 0 aliphatic carbocycles. The lowest BCUT2D eigenvalue weighted by molar-refractivity contribution is -0.139. The Bertz CT molecular complexity index is 763. The van der Waals surface area contributed by atoms with Crippen LogP contribution in [0.3, 0.4) is 0 Å². The van der Waals surface area contributed by atoms with Gasteiger partial charge in [0.15, 0.2) is 0 Å². The molecule has 0 fully saturated rings. The predicted octanol–water partition coefficient (Wildman–Crippen LogP) is 3.64. The van der Waals surface area contributed by atoms with Gasteiger partial charge in [0.1, 0.15) is 17.4 Å². The molecule has 1 atom stereocenters. The first-order valence-corrected chi connectivity index (χ1v) is 7.56. The normalized spacial score (nSPS) is 17.6. The highest BCUT2D eigenvalue weighted by Crippen LogP contribution is 2.41. The lowest BCUT2D eigenvalue weighted by atomic mass is 9.83. The molecule has 0 bridgehead atoms. The standard InChI is InChI=1S/C16H14Cl2N2O3/c1-3-22-16(21)13-8(2)23-15(20)10(7-19)14(13)9-4-5-11(17)12(18)6-9/h4-6,14H,3,20H2,1-2H3/t14-/m0/s1. The van der Waals surface area contributed by atoms with Crippen molar-refractivity contribution in [2.24, 2.45) is 5.73 Å². The van der Waals surface area contributed by atoms with E-state index in [0.29, 0.717) is 15.6 Å². The predicted molar refractivity (Wildman–Crippen MR) is 86.4 cm³/mol. The molecular weight excluding hydrogens is 339 g/mol. The first-order chi connectivity index (χ1) is 10.9. The number of hydrogen-bond donors (Lipinski definition) is 1. The topological polar surface area (TPSA) is 85.3 Å². The molecule has 0 spiro atoms. The second kappa shape index (κ2) is 6.95. The molecule has 1 aromatic rings. The highest BCUT2D eigenvalue weighted by molar-refractivity contribution is 6.42. The fourth-order valence-electron chi connectivity index (χ4n) is 2.38. The van der Waals surface area contributed by atoms with Crippen molar-refractivity contribution < 1.29 is 14.3 Å². The molecular formula is C16H14Cl2N2O3. The number of hydrogen-bond acceptors (Lipinski definition) is 5. The Kier molecular flexibility index (Phi) is 5.19. The number of esters is 1. The first kappa shape index (κ1) is 17.2. The maximum Gasteiger partial charge on any atom is 0.338 e. The minimum Gasteiger partial charge on any atom is -0.463 e. The van der Waals surface area contributed by atoms with Crippen molar-refractivity contribution >= 4 is 29.2 Å². The second-order valence-corrected chi connectivity index (χ2v) is 5.60. The van der Waals surface area contributed by atoms with Crippen molar-refractivity contribution in [1.29, 1.82) is 5.26 Å². The summed E-state index contributed by atoms with van der Waals surface area (Å²) in [5.74, 6) is -1.05. The molecule has 1 heterocycles. The first-order valence-electron chi connectivity index (χ1n) is 6.81. The number of halogens is 2. The van der Waals surface area contributed by atoms with Gasteiger partial charge in [-0.1, -0.05) is 29.3 Å². The van der Waals surface area contributed by atoms with E-state index >= 15 is 0 Å². The Hall–Kier alpha value is -2.16. The van der Waals surface area contributed by atoms with Crippen molar-refractivity contribution in [3.8, 4) is 6.07 Å². The highest BCUT2D eigenvalue weighted by Gasteiger charge is 2.36. The zero-order chi connectivity index (χ0) is 17.1. The van der Waals surface area contributed by atoms with Crippen LogP contribution in [0.1, 0.15) is 25.3 Å². The summed E-state index contributed by atoms with van der Waals surface area (Å²) in [4.78, 5) is 12.3. The molecule has 0 saturated carbocycles. The number of allylic oxidation sites excluding steroid dienone is 2. The van der Waals surface area contributed by atoms with Gasteiger partial charge in [-0.3, -0.25) is 0 Å². The van der Waals surface area contributed by atoms with Crippen LogP contribution in [-0.4, -0.2) is 12.6 Å². The van der Waals surface area contributed by atoms with Crippen LogP contribution in [0.25, 0.3) is 0 Å². The van der Waals surface area contributed by atoms with E-state index in [1.54, 1.807) is 32.0 Å². The maximum absolute atomic E-state index is 12.3. The molecule has 23 heavy (non-hydrogen) atoms. The van der Waals surface area contributed by atoms with Crippen molar-refractivity contribution in [3.05, 3.63) is 56.6 Å². The van der Waals surface area contributed by atoms with Crippen LogP contribution in [-0.2, 0) is 14.3 Å². The van der Waals surface area contributed by atoms with Crippen LogP contribution in [0.2, 0.25) is 10.0 Å². The molecule has 0 aromatic heterocycles. The largest absolute Gasteiger partial charge is 0.463 e. The Morgan fingerprint density at radius 3 is 2.70 bits per heavy atom. The van der Waals surface area contributed by atoms with Crippen molar-refractivity contribution in [1.82, 2.24) is 0 Å². The summed E-state index contributed by atoms with van der Waals surface area (Å²) >= 11 is 12.0. The molecule has 1 aliphatic heterocycles. The lowest BCUT2D eigenvalue weighted by Gasteiger charge is -2.27. The number of nitrogens with two attached hydrogens (primary N) is 1. The quantitative estimate of drug-likeness (QED) is 0.839. The van der Waals surface area contributed by atoms with E-state index in [2.05, 4.69) is 0 Å². The molecule has 0 amide bonds. The zero-order valence-electron chi connectivity index (χ0n) is 12.5. The summed E-state index contributed by atoms with van der Waals surface area (Å²) in [5.41, 5.74) is 6.74. The number of benzene rings is 1. The third kappa shape index (κ3) is 3.29. The van der Waals surface area contributed by atoms with Crippen LogP contribution in [0.5, 0.6) is 0 Å². The van der Waals surface area contributed by atoms with Gasteiger partial charge in [0.25, 0.3) is 0 Å². The zero-order valence-corrected chi connectivity index (χ0v) is 14.0. The van der Waals surface area contributed by atoms with Gasteiger partial charge in [-0.05, 0) is 31.5 Å². The fraction of sp³-hybridized carbons (Fsp3) is 0.250. The van der Waals surface area contributed by atoms with Gasteiger partial charge in [-0.15, -0.1) is 0 Å². The van der Waals surface area contributed by atoms with Crippen molar-refractivity contribution in [2.75, 3.05) is 6.61 Å². The molecule has 1 aromatic carbocycles. The smallest absolute Gasteiger partial charge is 0.338 e. The van der Waals surface area contributed by atoms with Gasteiger partial charge in [-0.25, -0.2) is 4.79 Å². The van der Waals surface area contributed by atoms with Crippen LogP contribution in [0, 0.1) is 11.3 Å². The molecule has 0 radical (unpaired) electrons. The third-order valence-electron chi connectivity index (χ3n) is 3.38. The van der Waals surface area contributed by atoms with E-state index in [1.165, 1.54) is 0 Å². The Balaban J connectivity index is 2.64. The molecule has 2 N–H and O–H groups in total. The second-order valence-electron chi connectivity index (χ2n) is 4.79.